The van der Waals surface area contributed by atoms with Crippen LogP contribution in [-0.2, 0) is 0 Å². The highest BCUT2D eigenvalue weighted by molar-refractivity contribution is 5.28. The Morgan fingerprint density at radius 2 is 1.94 bits per heavy atom. The molecule has 1 atom stereocenters. The summed E-state index contributed by atoms with van der Waals surface area (Å²) in [5.74, 6) is -0.0629. The highest BCUT2D eigenvalue weighted by Crippen LogP contribution is 2.19. The molecule has 1 aromatic carbocycles. The van der Waals surface area contributed by atoms with Crippen LogP contribution in [0.2, 0.25) is 0 Å². The number of hydrogen-bond donors (Lipinski definition) is 1. The molecule has 88 valence electrons. The Hall–Kier alpha value is -1.76. The molecule has 16 heavy (non-hydrogen) atoms. The van der Waals surface area contributed by atoms with Crippen molar-refractivity contribution in [2.75, 3.05) is 6.54 Å². The fourth-order valence-corrected chi connectivity index (χ4v) is 1.12. The number of benzene rings is 1. The molecule has 7 heteroatoms. The number of aliphatic hydroxyl groups is 1. The lowest BCUT2D eigenvalue weighted by Crippen LogP contribution is -2.11. The Morgan fingerprint density at radius 1 is 1.38 bits per heavy atom. The summed E-state index contributed by atoms with van der Waals surface area (Å²) in [5.41, 5.74) is 0.276. The predicted octanol–water partition coefficient (Wildman–Crippen LogP) is 1.60. The van der Waals surface area contributed by atoms with Gasteiger partial charge in [0.2, 0.25) is 6.54 Å². The molecule has 0 spiro atoms. The smallest absolute Gasteiger partial charge is 0.387 e. The third-order valence-corrected chi connectivity index (χ3v) is 1.81. The fourth-order valence-electron chi connectivity index (χ4n) is 1.12. The van der Waals surface area contributed by atoms with Crippen molar-refractivity contribution in [3.05, 3.63) is 39.9 Å². The van der Waals surface area contributed by atoms with E-state index in [1.54, 1.807) is 0 Å². The minimum atomic E-state index is -2.92. The van der Waals surface area contributed by atoms with E-state index in [1.165, 1.54) is 24.3 Å². The summed E-state index contributed by atoms with van der Waals surface area (Å²) in [6, 6.07) is 5.02. The van der Waals surface area contributed by atoms with Crippen LogP contribution in [0.3, 0.4) is 0 Å². The number of ether oxygens (including phenoxy) is 1. The molecule has 0 fully saturated rings. The van der Waals surface area contributed by atoms with Crippen LogP contribution in [0.5, 0.6) is 5.75 Å². The van der Waals surface area contributed by atoms with Crippen LogP contribution in [0.4, 0.5) is 8.78 Å². The molecule has 1 aromatic rings. The van der Waals surface area contributed by atoms with Gasteiger partial charge in [-0.15, -0.1) is 0 Å². The lowest BCUT2D eigenvalue weighted by Gasteiger charge is -2.08. The molecule has 0 saturated heterocycles. The molecule has 0 saturated carbocycles. The second-order valence-corrected chi connectivity index (χ2v) is 2.98. The number of alkyl halides is 2. The normalized spacial score (nSPS) is 12.5. The summed E-state index contributed by atoms with van der Waals surface area (Å²) in [6.07, 6.45) is -1.25. The predicted molar refractivity (Wildman–Crippen MR) is 49.9 cm³/mol. The van der Waals surface area contributed by atoms with E-state index in [9.17, 15) is 24.0 Å². The van der Waals surface area contributed by atoms with E-state index in [2.05, 4.69) is 4.74 Å². The van der Waals surface area contributed by atoms with Crippen LogP contribution < -0.4 is 4.74 Å². The molecular formula is C9H9F2NO4. The zero-order valence-electron chi connectivity index (χ0n) is 8.05. The summed E-state index contributed by atoms with van der Waals surface area (Å²) >= 11 is 0. The lowest BCUT2D eigenvalue weighted by atomic mass is 10.1. The Labute approximate surface area is 89.4 Å². The topological polar surface area (TPSA) is 72.6 Å². The van der Waals surface area contributed by atoms with Crippen molar-refractivity contribution in [2.45, 2.75) is 12.7 Å². The summed E-state index contributed by atoms with van der Waals surface area (Å²) in [5, 5.41) is 19.5. The van der Waals surface area contributed by atoms with Crippen molar-refractivity contribution in [1.29, 1.82) is 0 Å². The fraction of sp³-hybridized carbons (Fsp3) is 0.333. The first-order valence-corrected chi connectivity index (χ1v) is 4.33. The molecule has 0 heterocycles. The van der Waals surface area contributed by atoms with Gasteiger partial charge >= 0.3 is 6.61 Å². The Balaban J connectivity index is 2.66. The maximum absolute atomic E-state index is 11.8. The minimum absolute atomic E-state index is 0.0629. The number of hydrogen-bond acceptors (Lipinski definition) is 4. The summed E-state index contributed by atoms with van der Waals surface area (Å²) < 4.78 is 27.7. The van der Waals surface area contributed by atoms with Gasteiger partial charge in [-0.05, 0) is 17.7 Å². The molecule has 0 amide bonds. The maximum atomic E-state index is 11.8. The highest BCUT2D eigenvalue weighted by atomic mass is 19.3. The van der Waals surface area contributed by atoms with E-state index in [0.29, 0.717) is 0 Å². The molecule has 1 unspecified atom stereocenters. The molecule has 0 aliphatic rings. The summed E-state index contributed by atoms with van der Waals surface area (Å²) in [7, 11) is 0. The molecule has 5 nitrogen and oxygen atoms in total. The average Bonchev–Trinajstić information content (AvgIpc) is 2.16. The van der Waals surface area contributed by atoms with Crippen LogP contribution in [0.25, 0.3) is 0 Å². The lowest BCUT2D eigenvalue weighted by molar-refractivity contribution is -0.491. The summed E-state index contributed by atoms with van der Waals surface area (Å²) in [6.45, 7) is -3.55. The van der Waals surface area contributed by atoms with Gasteiger partial charge in [0.25, 0.3) is 0 Å². The third kappa shape index (κ3) is 3.77. The van der Waals surface area contributed by atoms with Crippen molar-refractivity contribution >= 4 is 0 Å². The first-order chi connectivity index (χ1) is 7.49. The molecule has 1 N–H and O–H groups in total. The number of nitro groups is 1. The van der Waals surface area contributed by atoms with Gasteiger partial charge in [-0.3, -0.25) is 10.1 Å². The standard InChI is InChI=1S/C9H9F2NO4/c10-9(11)16-7-3-1-6(2-4-7)8(13)5-12(14)15/h1-4,8-9,13H,5H2. The first-order valence-electron chi connectivity index (χ1n) is 4.33. The van der Waals surface area contributed by atoms with Crippen LogP contribution in [0.15, 0.2) is 24.3 Å². The number of halogens is 2. The maximum Gasteiger partial charge on any atom is 0.387 e. The molecule has 0 radical (unpaired) electrons. The molecule has 0 bridgehead atoms. The van der Waals surface area contributed by atoms with E-state index < -0.39 is 24.2 Å². The first kappa shape index (κ1) is 12.3. The Kier molecular flexibility index (Phi) is 4.12. The zero-order valence-corrected chi connectivity index (χ0v) is 8.05. The quantitative estimate of drug-likeness (QED) is 0.619. The van der Waals surface area contributed by atoms with Gasteiger partial charge in [-0.1, -0.05) is 12.1 Å². The van der Waals surface area contributed by atoms with Gasteiger partial charge in [0.05, 0.1) is 0 Å². The van der Waals surface area contributed by atoms with Crippen molar-refractivity contribution in [3.8, 4) is 5.75 Å². The van der Waals surface area contributed by atoms with Crippen molar-refractivity contribution in [1.82, 2.24) is 0 Å². The molecule has 0 aliphatic carbocycles. The molecule has 1 rings (SSSR count). The van der Waals surface area contributed by atoms with E-state index in [-0.39, 0.29) is 11.3 Å². The van der Waals surface area contributed by atoms with Gasteiger partial charge in [0, 0.05) is 4.92 Å². The zero-order chi connectivity index (χ0) is 12.1. The average molecular weight is 233 g/mol. The minimum Gasteiger partial charge on any atom is -0.435 e. The molecule has 0 aromatic heterocycles. The second-order valence-electron chi connectivity index (χ2n) is 2.98. The van der Waals surface area contributed by atoms with Crippen LogP contribution >= 0.6 is 0 Å². The largest absolute Gasteiger partial charge is 0.435 e. The van der Waals surface area contributed by atoms with Crippen molar-refractivity contribution < 1.29 is 23.5 Å². The SMILES string of the molecule is O=[N+]([O-])CC(O)c1ccc(OC(F)F)cc1. The van der Waals surface area contributed by atoms with Crippen molar-refractivity contribution in [3.63, 3.8) is 0 Å². The number of rotatable bonds is 5. The van der Waals surface area contributed by atoms with E-state index in [1.807, 2.05) is 0 Å². The third-order valence-electron chi connectivity index (χ3n) is 1.81. The Morgan fingerprint density at radius 3 is 2.38 bits per heavy atom. The molecular weight excluding hydrogens is 224 g/mol. The number of aliphatic hydroxyl groups excluding tert-OH is 1. The monoisotopic (exact) mass is 233 g/mol. The van der Waals surface area contributed by atoms with Gasteiger partial charge in [-0.25, -0.2) is 0 Å². The van der Waals surface area contributed by atoms with Crippen LogP contribution in [0, 0.1) is 10.1 Å². The molecule has 0 aliphatic heterocycles. The van der Waals surface area contributed by atoms with Gasteiger partial charge in [0.15, 0.2) is 0 Å². The van der Waals surface area contributed by atoms with Gasteiger partial charge < -0.3 is 9.84 Å². The summed E-state index contributed by atoms with van der Waals surface area (Å²) in [4.78, 5) is 9.46. The van der Waals surface area contributed by atoms with Gasteiger partial charge in [0.1, 0.15) is 11.9 Å². The van der Waals surface area contributed by atoms with Crippen LogP contribution in [0.1, 0.15) is 11.7 Å². The second kappa shape index (κ2) is 5.36. The Bertz CT molecular complexity index is 355. The van der Waals surface area contributed by atoms with E-state index in [0.717, 1.165) is 0 Å². The van der Waals surface area contributed by atoms with Crippen molar-refractivity contribution in [2.24, 2.45) is 0 Å². The number of nitrogens with zero attached hydrogens (tertiary/aromatic N) is 1. The van der Waals surface area contributed by atoms with Crippen LogP contribution in [-0.4, -0.2) is 23.2 Å². The van der Waals surface area contributed by atoms with Gasteiger partial charge in [-0.2, -0.15) is 8.78 Å². The highest BCUT2D eigenvalue weighted by Gasteiger charge is 2.14. The van der Waals surface area contributed by atoms with E-state index >= 15 is 0 Å². The van der Waals surface area contributed by atoms with E-state index in [4.69, 9.17) is 0 Å².